The summed E-state index contributed by atoms with van der Waals surface area (Å²) in [4.78, 5) is 14.1. The zero-order valence-electron chi connectivity index (χ0n) is 13.3. The first-order chi connectivity index (χ1) is 10.1. The molecule has 1 aromatic carbocycles. The predicted octanol–water partition coefficient (Wildman–Crippen LogP) is 2.71. The maximum atomic E-state index is 11.6. The van der Waals surface area contributed by atoms with Gasteiger partial charge in [-0.1, -0.05) is 44.2 Å². The summed E-state index contributed by atoms with van der Waals surface area (Å²) in [6.45, 7) is 8.21. The van der Waals surface area contributed by atoms with Gasteiger partial charge in [-0.3, -0.25) is 4.79 Å². The number of likely N-dealkylation sites (tertiary alicyclic amines) is 1. The van der Waals surface area contributed by atoms with E-state index >= 15 is 0 Å². The van der Waals surface area contributed by atoms with Gasteiger partial charge < -0.3 is 10.2 Å². The zero-order chi connectivity index (χ0) is 15.1. The third-order valence-corrected chi connectivity index (χ3v) is 4.36. The topological polar surface area (TPSA) is 32.3 Å². The summed E-state index contributed by atoms with van der Waals surface area (Å²) in [6, 6.07) is 10.7. The van der Waals surface area contributed by atoms with Crippen LogP contribution in [-0.4, -0.2) is 37.0 Å². The van der Waals surface area contributed by atoms with Gasteiger partial charge >= 0.3 is 0 Å². The van der Waals surface area contributed by atoms with Crippen LogP contribution in [0.3, 0.4) is 0 Å². The predicted molar refractivity (Wildman–Crippen MR) is 87.2 cm³/mol. The molecule has 0 radical (unpaired) electrons. The minimum absolute atomic E-state index is 0.0935. The number of carbonyl (C=O) groups is 1. The van der Waals surface area contributed by atoms with Gasteiger partial charge in [-0.25, -0.2) is 0 Å². The molecule has 3 nitrogen and oxygen atoms in total. The van der Waals surface area contributed by atoms with Crippen molar-refractivity contribution in [3.05, 3.63) is 35.9 Å². The van der Waals surface area contributed by atoms with Gasteiger partial charge in [0.2, 0.25) is 5.91 Å². The van der Waals surface area contributed by atoms with E-state index in [2.05, 4.69) is 40.5 Å². The Bertz CT molecular complexity index is 422. The monoisotopic (exact) mass is 288 g/mol. The number of hydrogen-bond acceptors (Lipinski definition) is 2. The number of carbonyl (C=O) groups excluding carboxylic acids is 1. The van der Waals surface area contributed by atoms with Crippen LogP contribution in [0.4, 0.5) is 0 Å². The molecule has 0 bridgehead atoms. The molecule has 0 unspecified atom stereocenters. The lowest BCUT2D eigenvalue weighted by Gasteiger charge is -2.32. The highest BCUT2D eigenvalue weighted by molar-refractivity contribution is 5.77. The fraction of sp³-hybridized carbons (Fsp3) is 0.611. The highest BCUT2D eigenvalue weighted by Gasteiger charge is 2.19. The SMILES string of the molecule is CC(C)C(=O)NCC1CCN(CCc2ccccc2)CC1. The smallest absolute Gasteiger partial charge is 0.222 e. The molecular weight excluding hydrogens is 260 g/mol. The van der Waals surface area contributed by atoms with E-state index < -0.39 is 0 Å². The Morgan fingerprint density at radius 1 is 1.24 bits per heavy atom. The van der Waals surface area contributed by atoms with Gasteiger partial charge in [0.15, 0.2) is 0 Å². The molecule has 3 heteroatoms. The summed E-state index contributed by atoms with van der Waals surface area (Å²) in [7, 11) is 0. The lowest BCUT2D eigenvalue weighted by molar-refractivity contribution is -0.124. The maximum Gasteiger partial charge on any atom is 0.222 e. The third kappa shape index (κ3) is 5.50. The standard InChI is InChI=1S/C18H28N2O/c1-15(2)18(21)19-14-17-9-12-20(13-10-17)11-8-16-6-4-3-5-7-16/h3-7,15,17H,8-14H2,1-2H3,(H,19,21). The molecule has 1 saturated heterocycles. The van der Waals surface area contributed by atoms with Crippen LogP contribution in [-0.2, 0) is 11.2 Å². The van der Waals surface area contributed by atoms with E-state index in [0.29, 0.717) is 5.92 Å². The van der Waals surface area contributed by atoms with E-state index in [4.69, 9.17) is 0 Å². The normalized spacial score (nSPS) is 17.1. The average molecular weight is 288 g/mol. The molecule has 1 heterocycles. The van der Waals surface area contributed by atoms with Gasteiger partial charge in [0.1, 0.15) is 0 Å². The molecule has 21 heavy (non-hydrogen) atoms. The average Bonchev–Trinajstić information content (AvgIpc) is 2.52. The Kier molecular flexibility index (Phi) is 6.24. The van der Waals surface area contributed by atoms with Crippen LogP contribution < -0.4 is 5.32 Å². The summed E-state index contributed by atoms with van der Waals surface area (Å²) in [5.41, 5.74) is 1.42. The second kappa shape index (κ2) is 8.18. The highest BCUT2D eigenvalue weighted by Crippen LogP contribution is 2.17. The van der Waals surface area contributed by atoms with Crippen molar-refractivity contribution in [3.8, 4) is 0 Å². The number of benzene rings is 1. The number of rotatable bonds is 6. The number of nitrogens with zero attached hydrogens (tertiary/aromatic N) is 1. The molecule has 1 amide bonds. The molecule has 1 fully saturated rings. The largest absolute Gasteiger partial charge is 0.356 e. The summed E-state index contributed by atoms with van der Waals surface area (Å²) < 4.78 is 0. The number of piperidine rings is 1. The minimum atomic E-state index is 0.0935. The van der Waals surface area contributed by atoms with Gasteiger partial charge in [0.05, 0.1) is 0 Å². The number of amides is 1. The van der Waals surface area contributed by atoms with Gasteiger partial charge in [-0.05, 0) is 43.8 Å². The molecule has 2 rings (SSSR count). The van der Waals surface area contributed by atoms with Crippen molar-refractivity contribution >= 4 is 5.91 Å². The Morgan fingerprint density at radius 3 is 2.52 bits per heavy atom. The fourth-order valence-corrected chi connectivity index (χ4v) is 2.80. The maximum absolute atomic E-state index is 11.6. The Morgan fingerprint density at radius 2 is 1.90 bits per heavy atom. The molecule has 1 aromatic rings. The fourth-order valence-electron chi connectivity index (χ4n) is 2.80. The lowest BCUT2D eigenvalue weighted by atomic mass is 9.96. The molecule has 1 N–H and O–H groups in total. The Balaban J connectivity index is 1.63. The van der Waals surface area contributed by atoms with Crippen molar-refractivity contribution in [2.45, 2.75) is 33.1 Å². The number of hydrogen-bond donors (Lipinski definition) is 1. The molecule has 0 atom stereocenters. The molecular formula is C18H28N2O. The first-order valence-corrected chi connectivity index (χ1v) is 8.19. The van der Waals surface area contributed by atoms with E-state index in [1.54, 1.807) is 0 Å². The van der Waals surface area contributed by atoms with Crippen molar-refractivity contribution in [3.63, 3.8) is 0 Å². The molecule has 0 saturated carbocycles. The number of nitrogens with one attached hydrogen (secondary N) is 1. The molecule has 1 aliphatic rings. The zero-order valence-corrected chi connectivity index (χ0v) is 13.3. The first kappa shape index (κ1) is 16.0. The summed E-state index contributed by atoms with van der Waals surface area (Å²) >= 11 is 0. The van der Waals surface area contributed by atoms with Crippen molar-refractivity contribution in [1.82, 2.24) is 10.2 Å². The molecule has 0 aromatic heterocycles. The summed E-state index contributed by atoms with van der Waals surface area (Å²) in [5, 5.41) is 3.07. The van der Waals surface area contributed by atoms with Gasteiger partial charge in [-0.15, -0.1) is 0 Å². The van der Waals surface area contributed by atoms with Crippen LogP contribution in [0.2, 0.25) is 0 Å². The summed E-state index contributed by atoms with van der Waals surface area (Å²) in [6.07, 6.45) is 3.54. The second-order valence-corrected chi connectivity index (χ2v) is 6.42. The van der Waals surface area contributed by atoms with E-state index in [1.165, 1.54) is 18.4 Å². The van der Waals surface area contributed by atoms with Crippen LogP contribution >= 0.6 is 0 Å². The summed E-state index contributed by atoms with van der Waals surface area (Å²) in [5.74, 6) is 0.929. The second-order valence-electron chi connectivity index (χ2n) is 6.42. The Hall–Kier alpha value is -1.35. The Labute approximate surface area is 128 Å². The van der Waals surface area contributed by atoms with E-state index in [1.807, 2.05) is 13.8 Å². The van der Waals surface area contributed by atoms with Crippen molar-refractivity contribution < 1.29 is 4.79 Å². The third-order valence-electron chi connectivity index (χ3n) is 4.36. The van der Waals surface area contributed by atoms with Crippen molar-refractivity contribution in [1.29, 1.82) is 0 Å². The molecule has 0 aliphatic carbocycles. The van der Waals surface area contributed by atoms with Crippen LogP contribution in [0.5, 0.6) is 0 Å². The molecule has 1 aliphatic heterocycles. The van der Waals surface area contributed by atoms with Crippen molar-refractivity contribution in [2.24, 2.45) is 11.8 Å². The van der Waals surface area contributed by atoms with Gasteiger partial charge in [0, 0.05) is 19.0 Å². The van der Waals surface area contributed by atoms with Crippen LogP contribution in [0.1, 0.15) is 32.3 Å². The van der Waals surface area contributed by atoms with E-state index in [9.17, 15) is 4.79 Å². The molecule has 116 valence electrons. The van der Waals surface area contributed by atoms with Crippen LogP contribution in [0.25, 0.3) is 0 Å². The van der Waals surface area contributed by atoms with Gasteiger partial charge in [0.25, 0.3) is 0 Å². The van der Waals surface area contributed by atoms with Crippen LogP contribution in [0.15, 0.2) is 30.3 Å². The highest BCUT2D eigenvalue weighted by atomic mass is 16.1. The lowest BCUT2D eigenvalue weighted by Crippen LogP contribution is -2.40. The quantitative estimate of drug-likeness (QED) is 0.873. The van der Waals surface area contributed by atoms with E-state index in [0.717, 1.165) is 32.6 Å². The molecule has 0 spiro atoms. The van der Waals surface area contributed by atoms with Crippen LogP contribution in [0, 0.1) is 11.8 Å². The minimum Gasteiger partial charge on any atom is -0.356 e. The first-order valence-electron chi connectivity index (χ1n) is 8.19. The van der Waals surface area contributed by atoms with Gasteiger partial charge in [-0.2, -0.15) is 0 Å². The van der Waals surface area contributed by atoms with Crippen molar-refractivity contribution in [2.75, 3.05) is 26.2 Å². The van der Waals surface area contributed by atoms with E-state index in [-0.39, 0.29) is 11.8 Å².